The van der Waals surface area contributed by atoms with E-state index in [0.29, 0.717) is 6.54 Å². The molecule has 7 nitrogen and oxygen atoms in total. The number of rotatable bonds is 6. The molecule has 0 spiro atoms. The van der Waals surface area contributed by atoms with Crippen molar-refractivity contribution in [2.24, 2.45) is 0 Å². The number of morpholine rings is 1. The molecule has 8 heteroatoms. The third-order valence-corrected chi connectivity index (χ3v) is 5.05. The average molecular weight is 374 g/mol. The maximum atomic E-state index is 6.27. The Labute approximate surface area is 156 Å². The minimum atomic E-state index is 0.581. The highest BCUT2D eigenvalue weighted by Gasteiger charge is 2.14. The van der Waals surface area contributed by atoms with Crippen LogP contribution in [0.4, 0.5) is 5.82 Å². The van der Waals surface area contributed by atoms with Gasteiger partial charge in [-0.2, -0.15) is 5.10 Å². The molecule has 1 fully saturated rings. The van der Waals surface area contributed by atoms with E-state index in [4.69, 9.17) is 16.3 Å². The third kappa shape index (κ3) is 3.80. The number of benzene rings is 1. The van der Waals surface area contributed by atoms with Gasteiger partial charge in [0.05, 0.1) is 44.4 Å². The number of fused-ring (bicyclic) bond motifs is 1. The van der Waals surface area contributed by atoms with Crippen molar-refractivity contribution in [2.75, 3.05) is 44.7 Å². The van der Waals surface area contributed by atoms with Gasteiger partial charge in [-0.25, -0.2) is 14.6 Å². The van der Waals surface area contributed by atoms with Crippen LogP contribution >= 0.6 is 11.6 Å². The SMILES string of the molecule is Clc1ccccc1Cn1ncc2c(NCC[NH+]3CCOCC3)ncnc21. The second kappa shape index (κ2) is 7.99. The molecule has 0 radical (unpaired) electrons. The maximum Gasteiger partial charge on any atom is 0.163 e. The van der Waals surface area contributed by atoms with Crippen LogP contribution in [0.3, 0.4) is 0 Å². The third-order valence-electron chi connectivity index (χ3n) is 4.68. The van der Waals surface area contributed by atoms with Crippen molar-refractivity contribution in [2.45, 2.75) is 6.54 Å². The number of nitrogens with one attached hydrogen (secondary N) is 2. The Balaban J connectivity index is 1.47. The Morgan fingerprint density at radius 1 is 1.19 bits per heavy atom. The summed E-state index contributed by atoms with van der Waals surface area (Å²) < 4.78 is 7.26. The molecular weight excluding hydrogens is 352 g/mol. The summed E-state index contributed by atoms with van der Waals surface area (Å²) in [6.07, 6.45) is 3.40. The predicted octanol–water partition coefficient (Wildman–Crippen LogP) is 0.855. The fourth-order valence-electron chi connectivity index (χ4n) is 3.21. The molecule has 3 aromatic rings. The highest BCUT2D eigenvalue weighted by atomic mass is 35.5. The maximum absolute atomic E-state index is 6.27. The van der Waals surface area contributed by atoms with Gasteiger partial charge in [0, 0.05) is 5.02 Å². The molecule has 136 valence electrons. The van der Waals surface area contributed by atoms with Crippen LogP contribution in [-0.2, 0) is 11.3 Å². The highest BCUT2D eigenvalue weighted by Crippen LogP contribution is 2.21. The van der Waals surface area contributed by atoms with Crippen LogP contribution in [-0.4, -0.2) is 59.1 Å². The smallest absolute Gasteiger partial charge is 0.163 e. The van der Waals surface area contributed by atoms with Crippen molar-refractivity contribution in [3.63, 3.8) is 0 Å². The Hall–Kier alpha value is -2.22. The fourth-order valence-corrected chi connectivity index (χ4v) is 3.40. The Bertz CT molecular complexity index is 877. The fraction of sp³-hybridized carbons (Fsp3) is 0.389. The van der Waals surface area contributed by atoms with Crippen molar-refractivity contribution in [3.05, 3.63) is 47.4 Å². The van der Waals surface area contributed by atoms with Crippen LogP contribution in [0.15, 0.2) is 36.8 Å². The molecule has 1 aliphatic heterocycles. The quantitative estimate of drug-likeness (QED) is 0.670. The van der Waals surface area contributed by atoms with Gasteiger partial charge in [0.2, 0.25) is 0 Å². The Morgan fingerprint density at radius 2 is 2.04 bits per heavy atom. The van der Waals surface area contributed by atoms with Gasteiger partial charge in [-0.1, -0.05) is 29.8 Å². The molecule has 0 saturated carbocycles. The van der Waals surface area contributed by atoms with E-state index in [1.807, 2.05) is 35.1 Å². The Morgan fingerprint density at radius 3 is 2.88 bits per heavy atom. The van der Waals surface area contributed by atoms with Gasteiger partial charge in [0.1, 0.15) is 25.2 Å². The van der Waals surface area contributed by atoms with Crippen LogP contribution in [0, 0.1) is 0 Å². The first kappa shape index (κ1) is 17.2. The summed E-state index contributed by atoms with van der Waals surface area (Å²) in [7, 11) is 0. The van der Waals surface area contributed by atoms with Crippen molar-refractivity contribution in [1.82, 2.24) is 19.7 Å². The van der Waals surface area contributed by atoms with Crippen molar-refractivity contribution in [3.8, 4) is 0 Å². The van der Waals surface area contributed by atoms with Crippen LogP contribution in [0.2, 0.25) is 5.02 Å². The van der Waals surface area contributed by atoms with E-state index in [9.17, 15) is 0 Å². The monoisotopic (exact) mass is 373 g/mol. The van der Waals surface area contributed by atoms with E-state index in [-0.39, 0.29) is 0 Å². The lowest BCUT2D eigenvalue weighted by atomic mass is 10.2. The molecule has 26 heavy (non-hydrogen) atoms. The van der Waals surface area contributed by atoms with Gasteiger partial charge in [0.15, 0.2) is 5.65 Å². The van der Waals surface area contributed by atoms with Gasteiger partial charge in [-0.3, -0.25) is 0 Å². The number of hydrogen-bond acceptors (Lipinski definition) is 5. The summed E-state index contributed by atoms with van der Waals surface area (Å²) in [6.45, 7) is 6.31. The standard InChI is InChI=1S/C18H21ClN6O/c19-16-4-2-1-3-14(16)12-25-18-15(11-23-25)17(21-13-22-18)20-5-6-24-7-9-26-10-8-24/h1-4,11,13H,5-10,12H2,(H,20,21,22)/p+1. The molecule has 0 atom stereocenters. The molecule has 0 aliphatic carbocycles. The summed E-state index contributed by atoms with van der Waals surface area (Å²) in [5.74, 6) is 0.827. The second-order valence-corrected chi connectivity index (χ2v) is 6.80. The number of aromatic nitrogens is 4. The number of halogens is 1. The number of ether oxygens (including phenoxy) is 1. The number of anilines is 1. The summed E-state index contributed by atoms with van der Waals surface area (Å²) in [6, 6.07) is 7.79. The van der Waals surface area contributed by atoms with E-state index >= 15 is 0 Å². The van der Waals surface area contributed by atoms with Crippen LogP contribution in [0.1, 0.15) is 5.56 Å². The molecule has 4 rings (SSSR count). The minimum absolute atomic E-state index is 0.581. The normalized spacial score (nSPS) is 15.4. The van der Waals surface area contributed by atoms with Crippen molar-refractivity contribution < 1.29 is 9.64 Å². The van der Waals surface area contributed by atoms with E-state index in [1.165, 1.54) is 0 Å². The first-order chi connectivity index (χ1) is 12.8. The van der Waals surface area contributed by atoms with Crippen LogP contribution in [0.5, 0.6) is 0 Å². The molecule has 3 heterocycles. The van der Waals surface area contributed by atoms with Gasteiger partial charge >= 0.3 is 0 Å². The highest BCUT2D eigenvalue weighted by molar-refractivity contribution is 6.31. The van der Waals surface area contributed by atoms with Gasteiger partial charge in [0.25, 0.3) is 0 Å². The predicted molar refractivity (Wildman–Crippen MR) is 101 cm³/mol. The lowest BCUT2D eigenvalue weighted by Crippen LogP contribution is -3.14. The molecular formula is C18H22ClN6O+. The zero-order chi connectivity index (χ0) is 17.8. The molecule has 0 amide bonds. The van der Waals surface area contributed by atoms with Crippen LogP contribution < -0.4 is 10.2 Å². The first-order valence-electron chi connectivity index (χ1n) is 8.86. The summed E-state index contributed by atoms with van der Waals surface area (Å²) >= 11 is 6.27. The average Bonchev–Trinajstić information content (AvgIpc) is 3.08. The molecule has 0 bridgehead atoms. The minimum Gasteiger partial charge on any atom is -0.370 e. The largest absolute Gasteiger partial charge is 0.370 e. The molecule has 2 N–H and O–H groups in total. The molecule has 2 aromatic heterocycles. The molecule has 1 aliphatic rings. The van der Waals surface area contributed by atoms with E-state index in [1.54, 1.807) is 11.2 Å². The topological polar surface area (TPSA) is 69.3 Å². The summed E-state index contributed by atoms with van der Waals surface area (Å²) in [5, 5.41) is 9.58. The van der Waals surface area contributed by atoms with E-state index in [0.717, 1.165) is 66.8 Å². The van der Waals surface area contributed by atoms with E-state index < -0.39 is 0 Å². The Kier molecular flexibility index (Phi) is 5.29. The number of hydrogen-bond donors (Lipinski definition) is 2. The van der Waals surface area contributed by atoms with Crippen molar-refractivity contribution >= 4 is 28.5 Å². The summed E-state index contributed by atoms with van der Waals surface area (Å²) in [4.78, 5) is 10.4. The van der Waals surface area contributed by atoms with Crippen LogP contribution in [0.25, 0.3) is 11.0 Å². The second-order valence-electron chi connectivity index (χ2n) is 6.39. The van der Waals surface area contributed by atoms with Crippen molar-refractivity contribution in [1.29, 1.82) is 0 Å². The van der Waals surface area contributed by atoms with Gasteiger partial charge < -0.3 is 15.0 Å². The zero-order valence-electron chi connectivity index (χ0n) is 14.5. The molecule has 0 unspecified atom stereocenters. The van der Waals surface area contributed by atoms with Gasteiger partial charge in [-0.05, 0) is 11.6 Å². The first-order valence-corrected chi connectivity index (χ1v) is 9.24. The number of nitrogens with zero attached hydrogens (tertiary/aromatic N) is 4. The zero-order valence-corrected chi connectivity index (χ0v) is 15.2. The number of quaternary nitrogens is 1. The molecule has 1 aromatic carbocycles. The molecule has 1 saturated heterocycles. The van der Waals surface area contributed by atoms with Gasteiger partial charge in [-0.15, -0.1) is 0 Å². The lowest BCUT2D eigenvalue weighted by molar-refractivity contribution is -0.906. The summed E-state index contributed by atoms with van der Waals surface area (Å²) in [5.41, 5.74) is 1.82. The lowest BCUT2D eigenvalue weighted by Gasteiger charge is -2.23. The van der Waals surface area contributed by atoms with E-state index in [2.05, 4.69) is 20.4 Å².